The molecule has 0 radical (unpaired) electrons. The first kappa shape index (κ1) is 38.3. The summed E-state index contributed by atoms with van der Waals surface area (Å²) in [6, 6.07) is 97.7. The van der Waals surface area contributed by atoms with Crippen molar-refractivity contribution in [2.75, 3.05) is 4.90 Å². The minimum Gasteiger partial charge on any atom is -0.310 e. The van der Waals surface area contributed by atoms with Crippen LogP contribution >= 0.6 is 0 Å². The predicted octanol–water partition coefficient (Wildman–Crippen LogP) is 17.2. The number of para-hydroxylation sites is 1. The molecule has 0 atom stereocenters. The maximum absolute atomic E-state index is 2.49. The third kappa shape index (κ3) is 5.09. The van der Waals surface area contributed by atoms with E-state index in [2.05, 4.69) is 266 Å². The molecule has 2 spiro atoms. The van der Waals surface area contributed by atoms with Crippen LogP contribution in [-0.4, -0.2) is 0 Å². The number of anilines is 3. The number of hydrogen-bond acceptors (Lipinski definition) is 1. The summed E-state index contributed by atoms with van der Waals surface area (Å²) >= 11 is 0. The first-order valence-electron chi connectivity index (χ1n) is 24.2. The van der Waals surface area contributed by atoms with Crippen molar-refractivity contribution in [2.45, 2.75) is 10.8 Å². The zero-order valence-electron chi connectivity index (χ0n) is 37.8. The average molecular weight is 874 g/mol. The summed E-state index contributed by atoms with van der Waals surface area (Å²) in [5.74, 6) is 0. The van der Waals surface area contributed by atoms with E-state index >= 15 is 0 Å². The van der Waals surface area contributed by atoms with Crippen LogP contribution in [0.3, 0.4) is 0 Å². The monoisotopic (exact) mass is 873 g/mol. The third-order valence-electron chi connectivity index (χ3n) is 15.9. The molecule has 0 amide bonds. The summed E-state index contributed by atoms with van der Waals surface area (Å²) in [6.07, 6.45) is 0. The molecule has 0 fully saturated rings. The predicted molar refractivity (Wildman–Crippen MR) is 285 cm³/mol. The molecule has 1 heteroatoms. The van der Waals surface area contributed by atoms with E-state index < -0.39 is 10.8 Å². The summed E-state index contributed by atoms with van der Waals surface area (Å²) in [5.41, 5.74) is 28.7. The Morgan fingerprint density at radius 1 is 0.188 bits per heavy atom. The van der Waals surface area contributed by atoms with Crippen molar-refractivity contribution in [3.63, 3.8) is 0 Å². The minimum atomic E-state index is -0.395. The van der Waals surface area contributed by atoms with Gasteiger partial charge in [0.2, 0.25) is 0 Å². The van der Waals surface area contributed by atoms with Gasteiger partial charge in [0.15, 0.2) is 0 Å². The van der Waals surface area contributed by atoms with Gasteiger partial charge in [-0.3, -0.25) is 0 Å². The van der Waals surface area contributed by atoms with Gasteiger partial charge in [0, 0.05) is 17.1 Å². The SMILES string of the molecule is c1ccc(N(c2cccc(-c3ccc4c(c3)C3(c5ccccc5-c5ccccc53)c3ccccc3-4)c2)c2cccc(-c3ccc4c(c3)C3(c5ccccc5-c5ccccc53)c3ccccc3-4)c2)cc1. The van der Waals surface area contributed by atoms with E-state index in [1.54, 1.807) is 0 Å². The van der Waals surface area contributed by atoms with Gasteiger partial charge in [0.05, 0.1) is 10.8 Å². The molecular formula is C68H43N. The molecule has 320 valence electrons. The topological polar surface area (TPSA) is 3.24 Å². The molecule has 0 heterocycles. The second kappa shape index (κ2) is 14.4. The Morgan fingerprint density at radius 3 is 0.812 bits per heavy atom. The maximum atomic E-state index is 2.49. The number of rotatable bonds is 5. The van der Waals surface area contributed by atoms with Gasteiger partial charge in [-0.1, -0.05) is 212 Å². The van der Waals surface area contributed by atoms with Gasteiger partial charge in [0.25, 0.3) is 0 Å². The quantitative estimate of drug-likeness (QED) is 0.167. The summed E-state index contributed by atoms with van der Waals surface area (Å²) in [7, 11) is 0. The zero-order chi connectivity index (χ0) is 45.3. The Labute approximate surface area is 402 Å². The van der Waals surface area contributed by atoms with E-state index in [4.69, 9.17) is 0 Å². The van der Waals surface area contributed by atoms with E-state index in [9.17, 15) is 0 Å². The standard InChI is InChI=1S/C68H43N/c1-2-20-48(21-3-1)69(49-22-16-18-44(40-49)46-36-38-57-55-28-8-14-34-63(55)67(65(57)42-46)59-30-10-4-24-51(59)52-25-5-11-31-60(52)67)50-23-17-19-45(41-50)47-37-39-58-56-29-9-15-35-64(56)68(66(58)43-47)61-32-12-6-26-53(61)54-27-7-13-33-62(54)68/h1-43H. The van der Waals surface area contributed by atoms with Gasteiger partial charge in [0.1, 0.15) is 0 Å². The molecular weight excluding hydrogens is 831 g/mol. The van der Waals surface area contributed by atoms with Crippen molar-refractivity contribution < 1.29 is 0 Å². The maximum Gasteiger partial charge on any atom is 0.0725 e. The molecule has 0 bridgehead atoms. The Bertz CT molecular complexity index is 3570. The van der Waals surface area contributed by atoms with Crippen LogP contribution in [0.4, 0.5) is 17.1 Å². The molecule has 15 rings (SSSR count). The summed E-state index contributed by atoms with van der Waals surface area (Å²) in [4.78, 5) is 2.41. The summed E-state index contributed by atoms with van der Waals surface area (Å²) < 4.78 is 0. The Balaban J connectivity index is 0.867. The van der Waals surface area contributed by atoms with Crippen LogP contribution in [-0.2, 0) is 10.8 Å². The highest BCUT2D eigenvalue weighted by atomic mass is 15.1. The van der Waals surface area contributed by atoms with Crippen LogP contribution in [0.25, 0.3) is 66.8 Å². The van der Waals surface area contributed by atoms with E-state index in [1.807, 2.05) is 0 Å². The molecule has 69 heavy (non-hydrogen) atoms. The fraction of sp³-hybridized carbons (Fsp3) is 0.0294. The van der Waals surface area contributed by atoms with Gasteiger partial charge in [-0.25, -0.2) is 0 Å². The first-order chi connectivity index (χ1) is 34.2. The molecule has 0 N–H and O–H groups in total. The van der Waals surface area contributed by atoms with Crippen LogP contribution in [0.2, 0.25) is 0 Å². The second-order valence-corrected chi connectivity index (χ2v) is 19.1. The van der Waals surface area contributed by atoms with Crippen molar-refractivity contribution >= 4 is 17.1 Å². The molecule has 4 aliphatic carbocycles. The van der Waals surface area contributed by atoms with Crippen LogP contribution in [0.5, 0.6) is 0 Å². The second-order valence-electron chi connectivity index (χ2n) is 19.1. The van der Waals surface area contributed by atoms with Crippen molar-refractivity contribution in [2.24, 2.45) is 0 Å². The van der Waals surface area contributed by atoms with Crippen LogP contribution in [0.15, 0.2) is 261 Å². The fourth-order valence-electron chi connectivity index (χ4n) is 13.2. The van der Waals surface area contributed by atoms with E-state index in [1.165, 1.54) is 111 Å². The Hall–Kier alpha value is -8.78. The normalized spacial score (nSPS) is 14.0. The van der Waals surface area contributed by atoms with Crippen LogP contribution in [0.1, 0.15) is 44.5 Å². The summed E-state index contributed by atoms with van der Waals surface area (Å²) in [5, 5.41) is 0. The van der Waals surface area contributed by atoms with Gasteiger partial charge in [-0.05, 0) is 160 Å². The lowest BCUT2D eigenvalue weighted by atomic mass is 9.70. The van der Waals surface area contributed by atoms with Crippen molar-refractivity contribution in [3.05, 3.63) is 305 Å². The smallest absolute Gasteiger partial charge is 0.0725 e. The molecule has 0 aromatic heterocycles. The molecule has 0 unspecified atom stereocenters. The molecule has 1 nitrogen and oxygen atoms in total. The first-order valence-corrected chi connectivity index (χ1v) is 24.2. The van der Waals surface area contributed by atoms with Crippen LogP contribution in [0, 0.1) is 0 Å². The molecule has 0 saturated heterocycles. The molecule has 0 saturated carbocycles. The van der Waals surface area contributed by atoms with Gasteiger partial charge >= 0.3 is 0 Å². The Kier molecular flexibility index (Phi) is 7.98. The average Bonchev–Trinajstić information content (AvgIpc) is 4.10. The fourth-order valence-corrected chi connectivity index (χ4v) is 13.2. The molecule has 4 aliphatic rings. The molecule has 11 aromatic carbocycles. The molecule has 11 aromatic rings. The number of fused-ring (bicyclic) bond motifs is 20. The number of nitrogens with zero attached hydrogens (tertiary/aromatic N) is 1. The largest absolute Gasteiger partial charge is 0.310 e. The van der Waals surface area contributed by atoms with Crippen molar-refractivity contribution in [1.82, 2.24) is 0 Å². The number of benzene rings is 11. The van der Waals surface area contributed by atoms with E-state index in [0.717, 1.165) is 17.1 Å². The highest BCUT2D eigenvalue weighted by molar-refractivity contribution is 5.98. The van der Waals surface area contributed by atoms with Gasteiger partial charge < -0.3 is 4.90 Å². The van der Waals surface area contributed by atoms with Gasteiger partial charge in [-0.2, -0.15) is 0 Å². The highest BCUT2D eigenvalue weighted by Gasteiger charge is 2.53. The Morgan fingerprint density at radius 2 is 0.464 bits per heavy atom. The lowest BCUT2D eigenvalue weighted by Crippen LogP contribution is -2.25. The lowest BCUT2D eigenvalue weighted by Gasteiger charge is -2.31. The van der Waals surface area contributed by atoms with E-state index in [0.29, 0.717) is 0 Å². The lowest BCUT2D eigenvalue weighted by molar-refractivity contribution is 0.794. The summed E-state index contributed by atoms with van der Waals surface area (Å²) in [6.45, 7) is 0. The number of hydrogen-bond donors (Lipinski definition) is 0. The van der Waals surface area contributed by atoms with Crippen molar-refractivity contribution in [1.29, 1.82) is 0 Å². The van der Waals surface area contributed by atoms with Crippen LogP contribution < -0.4 is 4.90 Å². The molecule has 0 aliphatic heterocycles. The third-order valence-corrected chi connectivity index (χ3v) is 15.9. The van der Waals surface area contributed by atoms with E-state index in [-0.39, 0.29) is 0 Å². The zero-order valence-corrected chi connectivity index (χ0v) is 37.8. The van der Waals surface area contributed by atoms with Crippen molar-refractivity contribution in [3.8, 4) is 66.8 Å². The van der Waals surface area contributed by atoms with Gasteiger partial charge in [-0.15, -0.1) is 0 Å². The highest BCUT2D eigenvalue weighted by Crippen LogP contribution is 2.65. The minimum absolute atomic E-state index is 0.395.